The summed E-state index contributed by atoms with van der Waals surface area (Å²) in [6.07, 6.45) is 2.49. The Hall–Kier alpha value is -2.31. The van der Waals surface area contributed by atoms with Crippen LogP contribution in [-0.4, -0.2) is 78.9 Å². The molecule has 12 heteroatoms. The molecular formula is C15H19F2N5O4S. The third-order valence-electron chi connectivity index (χ3n) is 4.24. The molecule has 0 saturated carbocycles. The maximum absolute atomic E-state index is 13.0. The molecule has 0 bridgehead atoms. The summed E-state index contributed by atoms with van der Waals surface area (Å²) in [5, 5.41) is 2.94. The van der Waals surface area contributed by atoms with Gasteiger partial charge >= 0.3 is 16.8 Å². The summed E-state index contributed by atoms with van der Waals surface area (Å²) < 4.78 is 57.5. The van der Waals surface area contributed by atoms with Crippen LogP contribution < -0.4 is 10.1 Å². The van der Waals surface area contributed by atoms with Gasteiger partial charge in [-0.2, -0.15) is 21.5 Å². The zero-order valence-corrected chi connectivity index (χ0v) is 15.3. The Morgan fingerprint density at radius 1 is 1.30 bits per heavy atom. The minimum atomic E-state index is -3.93. The number of rotatable bonds is 6. The number of ether oxygens (including phenoxy) is 1. The van der Waals surface area contributed by atoms with Gasteiger partial charge in [-0.1, -0.05) is 0 Å². The number of likely N-dealkylation sites (N-methyl/N-ethyl adjacent to an activating group) is 1. The Labute approximate surface area is 154 Å². The SMILES string of the molecule is CNCC(=O)N1CCN(S(=O)(=O)n2ccc3c(OC(F)F)nccc32)CC1. The zero-order chi connectivity index (χ0) is 19.6. The molecule has 0 radical (unpaired) electrons. The van der Waals surface area contributed by atoms with Crippen LogP contribution in [-0.2, 0) is 15.0 Å². The summed E-state index contributed by atoms with van der Waals surface area (Å²) in [5.41, 5.74) is 0.189. The molecule has 148 valence electrons. The molecule has 1 fully saturated rings. The predicted molar refractivity (Wildman–Crippen MR) is 92.8 cm³/mol. The maximum Gasteiger partial charge on any atom is 0.388 e. The van der Waals surface area contributed by atoms with E-state index in [0.29, 0.717) is 0 Å². The van der Waals surface area contributed by atoms with E-state index in [-0.39, 0.29) is 55.4 Å². The van der Waals surface area contributed by atoms with E-state index in [1.165, 1.54) is 28.8 Å². The molecule has 2 aromatic rings. The standard InChI is InChI=1S/C15H19F2N5O4S/c1-18-10-13(23)20-6-8-21(9-7-20)27(24,25)22-5-3-11-12(22)2-4-19-14(11)26-15(16)17/h2-5,15,18H,6-10H2,1H3. The average molecular weight is 403 g/mol. The highest BCUT2D eigenvalue weighted by molar-refractivity contribution is 7.87. The van der Waals surface area contributed by atoms with Gasteiger partial charge in [0, 0.05) is 38.6 Å². The Balaban J connectivity index is 1.83. The van der Waals surface area contributed by atoms with Crippen LogP contribution in [0.25, 0.3) is 10.9 Å². The second-order valence-corrected chi connectivity index (χ2v) is 7.66. The normalized spacial score (nSPS) is 16.2. The topological polar surface area (TPSA) is 96.8 Å². The van der Waals surface area contributed by atoms with Crippen molar-refractivity contribution in [3.63, 3.8) is 0 Å². The number of hydrogen-bond donors (Lipinski definition) is 1. The summed E-state index contributed by atoms with van der Waals surface area (Å²) in [4.78, 5) is 17.2. The Morgan fingerprint density at radius 3 is 2.63 bits per heavy atom. The maximum atomic E-state index is 13.0. The monoisotopic (exact) mass is 403 g/mol. The first-order chi connectivity index (χ1) is 12.8. The molecule has 2 aromatic heterocycles. The molecule has 3 rings (SSSR count). The van der Waals surface area contributed by atoms with E-state index in [9.17, 15) is 22.0 Å². The molecule has 1 aliphatic rings. The van der Waals surface area contributed by atoms with E-state index < -0.39 is 16.8 Å². The van der Waals surface area contributed by atoms with Crippen molar-refractivity contribution in [2.24, 2.45) is 0 Å². The third-order valence-corrected chi connectivity index (χ3v) is 6.07. The molecule has 3 heterocycles. The van der Waals surface area contributed by atoms with Crippen molar-refractivity contribution in [2.75, 3.05) is 39.8 Å². The number of fused-ring (bicyclic) bond motifs is 1. The molecule has 0 atom stereocenters. The molecule has 0 aromatic carbocycles. The van der Waals surface area contributed by atoms with E-state index in [1.807, 2.05) is 0 Å². The number of pyridine rings is 1. The fraction of sp³-hybridized carbons (Fsp3) is 0.467. The van der Waals surface area contributed by atoms with Gasteiger partial charge in [-0.25, -0.2) is 8.96 Å². The smallest absolute Gasteiger partial charge is 0.388 e. The van der Waals surface area contributed by atoms with Crippen molar-refractivity contribution >= 4 is 27.0 Å². The minimum absolute atomic E-state index is 0.0965. The van der Waals surface area contributed by atoms with Gasteiger partial charge in [0.15, 0.2) is 0 Å². The van der Waals surface area contributed by atoms with Gasteiger partial charge in [0.2, 0.25) is 11.8 Å². The van der Waals surface area contributed by atoms with Crippen LogP contribution in [0.2, 0.25) is 0 Å². The van der Waals surface area contributed by atoms with Crippen molar-refractivity contribution in [2.45, 2.75) is 6.61 Å². The average Bonchev–Trinajstić information content (AvgIpc) is 3.07. The van der Waals surface area contributed by atoms with Crippen molar-refractivity contribution in [3.8, 4) is 5.88 Å². The van der Waals surface area contributed by atoms with Crippen molar-refractivity contribution in [1.82, 2.24) is 23.5 Å². The first-order valence-electron chi connectivity index (χ1n) is 8.18. The lowest BCUT2D eigenvalue weighted by Gasteiger charge is -2.34. The number of aromatic nitrogens is 2. The lowest BCUT2D eigenvalue weighted by molar-refractivity contribution is -0.131. The first kappa shape index (κ1) is 19.5. The zero-order valence-electron chi connectivity index (χ0n) is 14.5. The summed E-state index contributed by atoms with van der Waals surface area (Å²) in [5.74, 6) is -0.431. The Kier molecular flexibility index (Phi) is 5.58. The molecule has 1 amide bonds. The Bertz CT molecular complexity index is 925. The first-order valence-corrected chi connectivity index (χ1v) is 9.58. The number of piperazine rings is 1. The summed E-state index contributed by atoms with van der Waals surface area (Å²) in [6, 6.07) is 2.78. The van der Waals surface area contributed by atoms with E-state index in [2.05, 4.69) is 15.0 Å². The largest absolute Gasteiger partial charge is 0.416 e. The fourth-order valence-electron chi connectivity index (χ4n) is 2.95. The molecule has 1 saturated heterocycles. The van der Waals surface area contributed by atoms with Crippen LogP contribution in [0.15, 0.2) is 24.5 Å². The number of carbonyl (C=O) groups is 1. The van der Waals surface area contributed by atoms with E-state index in [4.69, 9.17) is 0 Å². The minimum Gasteiger partial charge on any atom is -0.416 e. The van der Waals surface area contributed by atoms with E-state index in [0.717, 1.165) is 3.97 Å². The van der Waals surface area contributed by atoms with Gasteiger partial charge in [0.1, 0.15) is 0 Å². The second kappa shape index (κ2) is 7.74. The van der Waals surface area contributed by atoms with Crippen LogP contribution in [0.3, 0.4) is 0 Å². The second-order valence-electron chi connectivity index (χ2n) is 5.86. The number of alkyl halides is 2. The van der Waals surface area contributed by atoms with Gasteiger partial charge in [-0.15, -0.1) is 0 Å². The van der Waals surface area contributed by atoms with Crippen LogP contribution in [0.4, 0.5) is 8.78 Å². The molecule has 1 N–H and O–H groups in total. The van der Waals surface area contributed by atoms with Crippen molar-refractivity contribution in [1.29, 1.82) is 0 Å². The lowest BCUT2D eigenvalue weighted by atomic mass is 10.3. The quantitative estimate of drug-likeness (QED) is 0.735. The number of amides is 1. The lowest BCUT2D eigenvalue weighted by Crippen LogP contribution is -2.53. The Morgan fingerprint density at radius 2 is 2.00 bits per heavy atom. The fourth-order valence-corrected chi connectivity index (χ4v) is 4.45. The number of halogens is 2. The van der Waals surface area contributed by atoms with Crippen LogP contribution >= 0.6 is 0 Å². The van der Waals surface area contributed by atoms with Gasteiger partial charge in [0.05, 0.1) is 17.4 Å². The van der Waals surface area contributed by atoms with E-state index in [1.54, 1.807) is 11.9 Å². The predicted octanol–water partition coefficient (Wildman–Crippen LogP) is 0.0942. The summed E-state index contributed by atoms with van der Waals surface area (Å²) >= 11 is 0. The number of nitrogens with one attached hydrogen (secondary N) is 1. The third kappa shape index (κ3) is 3.87. The van der Waals surface area contributed by atoms with Crippen molar-refractivity contribution < 1.29 is 26.7 Å². The molecule has 0 aliphatic carbocycles. The number of nitrogens with zero attached hydrogens (tertiary/aromatic N) is 4. The number of carbonyl (C=O) groups excluding carboxylic acids is 1. The van der Waals surface area contributed by atoms with Gasteiger partial charge in [0.25, 0.3) is 0 Å². The molecule has 27 heavy (non-hydrogen) atoms. The summed E-state index contributed by atoms with van der Waals surface area (Å²) in [6.45, 7) is -2.03. The number of hydrogen-bond acceptors (Lipinski definition) is 6. The highest BCUT2D eigenvalue weighted by atomic mass is 32.2. The molecular weight excluding hydrogens is 384 g/mol. The van der Waals surface area contributed by atoms with Gasteiger partial charge in [-0.05, 0) is 19.2 Å². The molecule has 1 aliphatic heterocycles. The van der Waals surface area contributed by atoms with Gasteiger partial charge in [-0.3, -0.25) is 4.79 Å². The molecule has 0 unspecified atom stereocenters. The molecule has 0 spiro atoms. The van der Waals surface area contributed by atoms with Crippen LogP contribution in [0, 0.1) is 0 Å². The molecule has 9 nitrogen and oxygen atoms in total. The van der Waals surface area contributed by atoms with Gasteiger partial charge < -0.3 is 15.0 Å². The highest BCUT2D eigenvalue weighted by Gasteiger charge is 2.31. The van der Waals surface area contributed by atoms with Crippen molar-refractivity contribution in [3.05, 3.63) is 24.5 Å². The van der Waals surface area contributed by atoms with Crippen LogP contribution in [0.5, 0.6) is 5.88 Å². The van der Waals surface area contributed by atoms with E-state index >= 15 is 0 Å². The summed E-state index contributed by atoms with van der Waals surface area (Å²) in [7, 11) is -2.26. The van der Waals surface area contributed by atoms with Crippen LogP contribution in [0.1, 0.15) is 0 Å². The highest BCUT2D eigenvalue weighted by Crippen LogP contribution is 2.27.